The van der Waals surface area contributed by atoms with E-state index in [4.69, 9.17) is 9.84 Å². The molecule has 2 rings (SSSR count). The van der Waals surface area contributed by atoms with E-state index in [2.05, 4.69) is 0 Å². The molecule has 6 heteroatoms. The van der Waals surface area contributed by atoms with Gasteiger partial charge in [0.1, 0.15) is 10.6 Å². The highest BCUT2D eigenvalue weighted by Gasteiger charge is 2.33. The quantitative estimate of drug-likeness (QED) is 0.920. The van der Waals surface area contributed by atoms with Crippen LogP contribution < -0.4 is 4.74 Å². The number of rotatable bonds is 3. The number of aliphatic carboxylic acids is 1. The highest BCUT2D eigenvalue weighted by atomic mass is 32.1. The summed E-state index contributed by atoms with van der Waals surface area (Å²) in [5, 5.41) is 10.9. The fourth-order valence-electron chi connectivity index (χ4n) is 2.45. The minimum atomic E-state index is -0.831. The van der Waals surface area contributed by atoms with Crippen LogP contribution in [0.5, 0.6) is 5.75 Å². The molecular formula is C13H17NO4S. The van der Waals surface area contributed by atoms with Gasteiger partial charge in [0.2, 0.25) is 0 Å². The van der Waals surface area contributed by atoms with E-state index in [1.807, 2.05) is 6.92 Å². The first kappa shape index (κ1) is 13.9. The van der Waals surface area contributed by atoms with Gasteiger partial charge < -0.3 is 14.7 Å². The standard InChI is InChI=1S/C13H17NO4S/c1-8-5-9(13(16)17)7-14(6-8)12(15)11-10(18-2)3-4-19-11/h3-4,8-9H,5-7H2,1-2H3,(H,16,17). The largest absolute Gasteiger partial charge is 0.495 e. The normalized spacial score (nSPS) is 23.2. The molecule has 0 spiro atoms. The maximum Gasteiger partial charge on any atom is 0.308 e. The van der Waals surface area contributed by atoms with Crippen molar-refractivity contribution in [2.24, 2.45) is 11.8 Å². The number of carboxylic acids is 1. The Morgan fingerprint density at radius 1 is 1.47 bits per heavy atom. The number of ether oxygens (including phenoxy) is 1. The van der Waals surface area contributed by atoms with E-state index >= 15 is 0 Å². The zero-order valence-corrected chi connectivity index (χ0v) is 11.8. The van der Waals surface area contributed by atoms with E-state index in [9.17, 15) is 9.59 Å². The SMILES string of the molecule is COc1ccsc1C(=O)N1CC(C)CC(C(=O)O)C1. The first-order valence-corrected chi connectivity index (χ1v) is 7.04. The summed E-state index contributed by atoms with van der Waals surface area (Å²) in [7, 11) is 1.53. The van der Waals surface area contributed by atoms with Crippen LogP contribution >= 0.6 is 11.3 Å². The summed E-state index contributed by atoms with van der Waals surface area (Å²) in [6.45, 7) is 2.85. The molecule has 19 heavy (non-hydrogen) atoms. The average molecular weight is 283 g/mol. The molecule has 1 saturated heterocycles. The zero-order chi connectivity index (χ0) is 14.0. The molecule has 0 saturated carbocycles. The third kappa shape index (κ3) is 2.89. The van der Waals surface area contributed by atoms with Gasteiger partial charge in [0.05, 0.1) is 13.0 Å². The highest BCUT2D eigenvalue weighted by molar-refractivity contribution is 7.12. The van der Waals surface area contributed by atoms with E-state index < -0.39 is 11.9 Å². The van der Waals surface area contributed by atoms with Gasteiger partial charge in [0.15, 0.2) is 0 Å². The molecule has 5 nitrogen and oxygen atoms in total. The van der Waals surface area contributed by atoms with Crippen molar-refractivity contribution in [3.05, 3.63) is 16.3 Å². The molecule has 0 bridgehead atoms. The fourth-order valence-corrected chi connectivity index (χ4v) is 3.28. The Balaban J connectivity index is 2.16. The van der Waals surface area contributed by atoms with E-state index in [-0.39, 0.29) is 18.4 Å². The third-order valence-electron chi connectivity index (χ3n) is 3.34. The van der Waals surface area contributed by atoms with Gasteiger partial charge >= 0.3 is 5.97 Å². The van der Waals surface area contributed by atoms with Crippen LogP contribution in [0.3, 0.4) is 0 Å². The van der Waals surface area contributed by atoms with E-state index in [1.54, 1.807) is 16.3 Å². The maximum atomic E-state index is 12.4. The molecule has 1 N–H and O–H groups in total. The molecule has 104 valence electrons. The van der Waals surface area contributed by atoms with Gasteiger partial charge in [-0.15, -0.1) is 11.3 Å². The molecule has 0 aromatic carbocycles. The van der Waals surface area contributed by atoms with Crippen LogP contribution in [0.25, 0.3) is 0 Å². The smallest absolute Gasteiger partial charge is 0.308 e. The van der Waals surface area contributed by atoms with Crippen molar-refractivity contribution in [3.63, 3.8) is 0 Å². The summed E-state index contributed by atoms with van der Waals surface area (Å²) in [6, 6.07) is 1.75. The molecule has 2 heterocycles. The number of nitrogens with zero attached hydrogens (tertiary/aromatic N) is 1. The van der Waals surface area contributed by atoms with Gasteiger partial charge in [-0.3, -0.25) is 9.59 Å². The van der Waals surface area contributed by atoms with Gasteiger partial charge in [0.25, 0.3) is 5.91 Å². The molecule has 1 aromatic rings. The Hall–Kier alpha value is -1.56. The van der Waals surface area contributed by atoms with Gasteiger partial charge in [-0.25, -0.2) is 0 Å². The number of carboxylic acid groups (broad SMARTS) is 1. The number of hydrogen-bond acceptors (Lipinski definition) is 4. The maximum absolute atomic E-state index is 12.4. The number of thiophene rings is 1. The second-order valence-corrected chi connectivity index (χ2v) is 5.82. The summed E-state index contributed by atoms with van der Waals surface area (Å²) in [4.78, 5) is 25.7. The number of piperidine rings is 1. The molecule has 2 unspecified atom stereocenters. The van der Waals surface area contributed by atoms with E-state index in [0.717, 1.165) is 0 Å². The van der Waals surface area contributed by atoms with Gasteiger partial charge in [-0.2, -0.15) is 0 Å². The number of methoxy groups -OCH3 is 1. The van der Waals surface area contributed by atoms with Crippen molar-refractivity contribution in [1.82, 2.24) is 4.90 Å². The number of amides is 1. The lowest BCUT2D eigenvalue weighted by atomic mass is 9.90. The summed E-state index contributed by atoms with van der Waals surface area (Å²) in [5.74, 6) is -0.685. The summed E-state index contributed by atoms with van der Waals surface area (Å²) < 4.78 is 5.15. The van der Waals surface area contributed by atoms with Gasteiger partial charge in [-0.05, 0) is 23.8 Å². The van der Waals surface area contributed by atoms with Crippen LogP contribution in [0, 0.1) is 11.8 Å². The number of hydrogen-bond donors (Lipinski definition) is 1. The summed E-state index contributed by atoms with van der Waals surface area (Å²) >= 11 is 1.32. The molecule has 0 radical (unpaired) electrons. The fraction of sp³-hybridized carbons (Fsp3) is 0.538. The second-order valence-electron chi connectivity index (χ2n) is 4.90. The van der Waals surface area contributed by atoms with E-state index in [0.29, 0.717) is 23.6 Å². The topological polar surface area (TPSA) is 66.8 Å². The van der Waals surface area contributed by atoms with Crippen molar-refractivity contribution in [1.29, 1.82) is 0 Å². The van der Waals surface area contributed by atoms with Crippen molar-refractivity contribution >= 4 is 23.2 Å². The number of carbonyl (C=O) groups excluding carboxylic acids is 1. The Morgan fingerprint density at radius 3 is 2.84 bits per heavy atom. The van der Waals surface area contributed by atoms with Crippen LogP contribution in [0.4, 0.5) is 0 Å². The van der Waals surface area contributed by atoms with Crippen molar-refractivity contribution in [2.75, 3.05) is 20.2 Å². The lowest BCUT2D eigenvalue weighted by Crippen LogP contribution is -2.45. The van der Waals surface area contributed by atoms with Crippen molar-refractivity contribution in [2.45, 2.75) is 13.3 Å². The Kier molecular flexibility index (Phi) is 4.09. The molecule has 2 atom stereocenters. The molecular weight excluding hydrogens is 266 g/mol. The van der Waals surface area contributed by atoms with Gasteiger partial charge in [-0.1, -0.05) is 6.92 Å². The summed E-state index contributed by atoms with van der Waals surface area (Å²) in [5.41, 5.74) is 0. The van der Waals surface area contributed by atoms with Crippen molar-refractivity contribution in [3.8, 4) is 5.75 Å². The zero-order valence-electron chi connectivity index (χ0n) is 11.0. The second kappa shape index (κ2) is 5.61. The van der Waals surface area contributed by atoms with Crippen LogP contribution in [-0.4, -0.2) is 42.1 Å². The predicted octanol–water partition coefficient (Wildman–Crippen LogP) is 1.94. The minimum Gasteiger partial charge on any atom is -0.495 e. The molecule has 1 amide bonds. The van der Waals surface area contributed by atoms with Crippen LogP contribution in [0.15, 0.2) is 11.4 Å². The number of likely N-dealkylation sites (tertiary alicyclic amines) is 1. The third-order valence-corrected chi connectivity index (χ3v) is 4.22. The molecule has 0 aliphatic carbocycles. The molecule has 1 aliphatic heterocycles. The van der Waals surface area contributed by atoms with Crippen LogP contribution in [0.2, 0.25) is 0 Å². The first-order valence-electron chi connectivity index (χ1n) is 6.16. The number of carbonyl (C=O) groups is 2. The monoisotopic (exact) mass is 283 g/mol. The van der Waals surface area contributed by atoms with Crippen molar-refractivity contribution < 1.29 is 19.4 Å². The average Bonchev–Trinajstić information content (AvgIpc) is 2.85. The van der Waals surface area contributed by atoms with Gasteiger partial charge in [0, 0.05) is 13.1 Å². The summed E-state index contributed by atoms with van der Waals surface area (Å²) in [6.07, 6.45) is 0.626. The van der Waals surface area contributed by atoms with E-state index in [1.165, 1.54) is 18.4 Å². The first-order chi connectivity index (χ1) is 9.02. The Labute approximate surface area is 115 Å². The highest BCUT2D eigenvalue weighted by Crippen LogP contribution is 2.29. The lowest BCUT2D eigenvalue weighted by Gasteiger charge is -2.34. The molecule has 1 aliphatic rings. The Morgan fingerprint density at radius 2 is 2.21 bits per heavy atom. The molecule has 1 fully saturated rings. The Bertz CT molecular complexity index is 485. The van der Waals surface area contributed by atoms with Crippen LogP contribution in [-0.2, 0) is 4.79 Å². The predicted molar refractivity (Wildman–Crippen MR) is 71.7 cm³/mol. The lowest BCUT2D eigenvalue weighted by molar-refractivity contribution is -0.143. The minimum absolute atomic E-state index is 0.135. The van der Waals surface area contributed by atoms with Crippen LogP contribution in [0.1, 0.15) is 23.0 Å². The molecule has 1 aromatic heterocycles.